The quantitative estimate of drug-likeness (QED) is 0.881. The lowest BCUT2D eigenvalue weighted by molar-refractivity contribution is -0.120. The predicted octanol–water partition coefficient (Wildman–Crippen LogP) is 3.69. The summed E-state index contributed by atoms with van der Waals surface area (Å²) < 4.78 is 5.43. The highest BCUT2D eigenvalue weighted by Gasteiger charge is 2.30. The standard InChI is InChI=1S/C20H24N2O2/c1-2-24-18-12-10-17(11-13-18)21-20(23)19-9-6-14-22(19)15-16-7-4-3-5-8-16/h3-5,7-8,10-13,19H,2,6,9,14-15H2,1H3,(H,21,23)/t19-/m1/s1. The van der Waals surface area contributed by atoms with Crippen LogP contribution in [0.25, 0.3) is 0 Å². The average molecular weight is 324 g/mol. The van der Waals surface area contributed by atoms with E-state index >= 15 is 0 Å². The van der Waals surface area contributed by atoms with Gasteiger partial charge < -0.3 is 10.1 Å². The van der Waals surface area contributed by atoms with E-state index < -0.39 is 0 Å². The van der Waals surface area contributed by atoms with Gasteiger partial charge in [0.15, 0.2) is 0 Å². The van der Waals surface area contributed by atoms with E-state index in [4.69, 9.17) is 4.74 Å². The third kappa shape index (κ3) is 4.15. The van der Waals surface area contributed by atoms with Gasteiger partial charge in [-0.2, -0.15) is 0 Å². The molecular formula is C20H24N2O2. The lowest BCUT2D eigenvalue weighted by Gasteiger charge is -2.23. The van der Waals surface area contributed by atoms with Crippen molar-refractivity contribution in [3.05, 3.63) is 60.2 Å². The largest absolute Gasteiger partial charge is 0.494 e. The first-order valence-electron chi connectivity index (χ1n) is 8.58. The molecule has 0 aliphatic carbocycles. The van der Waals surface area contributed by atoms with E-state index in [0.717, 1.165) is 37.4 Å². The van der Waals surface area contributed by atoms with Crippen molar-refractivity contribution in [3.8, 4) is 5.75 Å². The van der Waals surface area contributed by atoms with Crippen LogP contribution < -0.4 is 10.1 Å². The Morgan fingerprint density at radius 1 is 1.17 bits per heavy atom. The highest BCUT2D eigenvalue weighted by atomic mass is 16.5. The minimum atomic E-state index is -0.0585. The minimum absolute atomic E-state index is 0.0585. The third-order valence-electron chi connectivity index (χ3n) is 4.33. The van der Waals surface area contributed by atoms with E-state index in [1.165, 1.54) is 5.56 Å². The summed E-state index contributed by atoms with van der Waals surface area (Å²) in [6, 6.07) is 17.8. The zero-order valence-corrected chi connectivity index (χ0v) is 14.1. The van der Waals surface area contributed by atoms with Gasteiger partial charge in [-0.25, -0.2) is 0 Å². The highest BCUT2D eigenvalue weighted by molar-refractivity contribution is 5.95. The molecule has 1 fully saturated rings. The van der Waals surface area contributed by atoms with Gasteiger partial charge in [0.25, 0.3) is 0 Å². The van der Waals surface area contributed by atoms with E-state index in [0.29, 0.717) is 6.61 Å². The molecule has 126 valence electrons. The monoisotopic (exact) mass is 324 g/mol. The molecule has 4 nitrogen and oxygen atoms in total. The van der Waals surface area contributed by atoms with Crippen molar-refractivity contribution in [1.82, 2.24) is 4.90 Å². The number of carbonyl (C=O) groups is 1. The average Bonchev–Trinajstić information content (AvgIpc) is 3.06. The molecule has 4 heteroatoms. The van der Waals surface area contributed by atoms with Gasteiger partial charge in [-0.3, -0.25) is 9.69 Å². The Labute approximate surface area is 143 Å². The summed E-state index contributed by atoms with van der Waals surface area (Å²) >= 11 is 0. The summed E-state index contributed by atoms with van der Waals surface area (Å²) in [6.45, 7) is 4.39. The SMILES string of the molecule is CCOc1ccc(NC(=O)[C@H]2CCCN2Cc2ccccc2)cc1. The van der Waals surface area contributed by atoms with Crippen molar-refractivity contribution < 1.29 is 9.53 Å². The Morgan fingerprint density at radius 2 is 1.92 bits per heavy atom. The molecule has 1 saturated heterocycles. The molecule has 0 spiro atoms. The molecule has 1 aliphatic rings. The second-order valence-electron chi connectivity index (χ2n) is 6.06. The second-order valence-corrected chi connectivity index (χ2v) is 6.06. The number of likely N-dealkylation sites (tertiary alicyclic amines) is 1. The van der Waals surface area contributed by atoms with Gasteiger partial charge >= 0.3 is 0 Å². The van der Waals surface area contributed by atoms with Crippen LogP contribution in [0.1, 0.15) is 25.3 Å². The topological polar surface area (TPSA) is 41.6 Å². The highest BCUT2D eigenvalue weighted by Crippen LogP contribution is 2.22. The van der Waals surface area contributed by atoms with Crippen molar-refractivity contribution >= 4 is 11.6 Å². The van der Waals surface area contributed by atoms with Crippen LogP contribution in [0.3, 0.4) is 0 Å². The smallest absolute Gasteiger partial charge is 0.241 e. The van der Waals surface area contributed by atoms with E-state index in [1.54, 1.807) is 0 Å². The number of ether oxygens (including phenoxy) is 1. The van der Waals surface area contributed by atoms with Crippen molar-refractivity contribution in [1.29, 1.82) is 0 Å². The molecular weight excluding hydrogens is 300 g/mol. The molecule has 1 atom stereocenters. The van der Waals surface area contributed by atoms with Gasteiger partial charge in [-0.05, 0) is 56.1 Å². The molecule has 2 aromatic rings. The van der Waals surface area contributed by atoms with Gasteiger partial charge in [0.2, 0.25) is 5.91 Å². The molecule has 24 heavy (non-hydrogen) atoms. The molecule has 1 heterocycles. The predicted molar refractivity (Wildman–Crippen MR) is 96.1 cm³/mol. The number of anilines is 1. The normalized spacial score (nSPS) is 17.6. The van der Waals surface area contributed by atoms with Crippen LogP contribution in [-0.2, 0) is 11.3 Å². The number of carbonyl (C=O) groups excluding carboxylic acids is 1. The maximum atomic E-state index is 12.6. The van der Waals surface area contributed by atoms with Crippen molar-refractivity contribution in [2.45, 2.75) is 32.4 Å². The fourth-order valence-corrected chi connectivity index (χ4v) is 3.16. The number of hydrogen-bond acceptors (Lipinski definition) is 3. The molecule has 1 amide bonds. The molecule has 0 unspecified atom stereocenters. The van der Waals surface area contributed by atoms with Gasteiger partial charge in [0, 0.05) is 12.2 Å². The lowest BCUT2D eigenvalue weighted by Crippen LogP contribution is -2.39. The molecule has 0 radical (unpaired) electrons. The summed E-state index contributed by atoms with van der Waals surface area (Å²) in [7, 11) is 0. The van der Waals surface area contributed by atoms with Crippen LogP contribution in [0.4, 0.5) is 5.69 Å². The van der Waals surface area contributed by atoms with Crippen LogP contribution in [0.5, 0.6) is 5.75 Å². The molecule has 1 aliphatic heterocycles. The molecule has 0 aromatic heterocycles. The number of nitrogens with one attached hydrogen (secondary N) is 1. The molecule has 0 bridgehead atoms. The van der Waals surface area contributed by atoms with Crippen LogP contribution in [0.2, 0.25) is 0 Å². The van der Waals surface area contributed by atoms with Gasteiger partial charge in [-0.1, -0.05) is 30.3 Å². The maximum Gasteiger partial charge on any atom is 0.241 e. The first-order chi connectivity index (χ1) is 11.8. The van der Waals surface area contributed by atoms with Crippen LogP contribution in [0, 0.1) is 0 Å². The Hall–Kier alpha value is -2.33. The third-order valence-corrected chi connectivity index (χ3v) is 4.33. The van der Waals surface area contributed by atoms with Crippen LogP contribution in [-0.4, -0.2) is 30.0 Å². The van der Waals surface area contributed by atoms with E-state index in [9.17, 15) is 4.79 Å². The first kappa shape index (κ1) is 16.5. The Balaban J connectivity index is 1.61. The van der Waals surface area contributed by atoms with Crippen LogP contribution >= 0.6 is 0 Å². The van der Waals surface area contributed by atoms with Crippen molar-refractivity contribution in [2.24, 2.45) is 0 Å². The summed E-state index contributed by atoms with van der Waals surface area (Å²) in [5.74, 6) is 0.898. The van der Waals surface area contributed by atoms with Crippen molar-refractivity contribution in [3.63, 3.8) is 0 Å². The van der Waals surface area contributed by atoms with Gasteiger partial charge in [-0.15, -0.1) is 0 Å². The summed E-state index contributed by atoms with van der Waals surface area (Å²) in [4.78, 5) is 14.9. The Kier molecular flexibility index (Phi) is 5.49. The molecule has 3 rings (SSSR count). The number of nitrogens with zero attached hydrogens (tertiary/aromatic N) is 1. The molecule has 1 N–H and O–H groups in total. The fourth-order valence-electron chi connectivity index (χ4n) is 3.16. The molecule has 2 aromatic carbocycles. The maximum absolute atomic E-state index is 12.6. The van der Waals surface area contributed by atoms with E-state index in [-0.39, 0.29) is 11.9 Å². The number of hydrogen-bond donors (Lipinski definition) is 1. The number of amides is 1. The van der Waals surface area contributed by atoms with Crippen molar-refractivity contribution in [2.75, 3.05) is 18.5 Å². The van der Waals surface area contributed by atoms with E-state index in [1.807, 2.05) is 49.4 Å². The minimum Gasteiger partial charge on any atom is -0.494 e. The summed E-state index contributed by atoms with van der Waals surface area (Å²) in [6.07, 6.45) is 1.98. The Bertz CT molecular complexity index is 655. The summed E-state index contributed by atoms with van der Waals surface area (Å²) in [5, 5.41) is 3.03. The number of benzene rings is 2. The fraction of sp³-hybridized carbons (Fsp3) is 0.350. The van der Waals surface area contributed by atoms with Gasteiger partial charge in [0.05, 0.1) is 12.6 Å². The summed E-state index contributed by atoms with van der Waals surface area (Å²) in [5.41, 5.74) is 2.06. The zero-order chi connectivity index (χ0) is 16.8. The van der Waals surface area contributed by atoms with Crippen LogP contribution in [0.15, 0.2) is 54.6 Å². The zero-order valence-electron chi connectivity index (χ0n) is 14.1. The molecule has 0 saturated carbocycles. The Morgan fingerprint density at radius 3 is 2.62 bits per heavy atom. The second kappa shape index (κ2) is 7.97. The first-order valence-corrected chi connectivity index (χ1v) is 8.58. The van der Waals surface area contributed by atoms with E-state index in [2.05, 4.69) is 22.3 Å². The lowest BCUT2D eigenvalue weighted by atomic mass is 10.1. The number of rotatable bonds is 6. The van der Waals surface area contributed by atoms with Gasteiger partial charge in [0.1, 0.15) is 5.75 Å².